The number of piperidine rings is 1. The molecule has 1 N–H and O–H groups in total. The van der Waals surface area contributed by atoms with E-state index in [1.54, 1.807) is 23.4 Å². The smallest absolute Gasteiger partial charge is 0.318 e. The second-order valence-corrected chi connectivity index (χ2v) is 7.15. The monoisotopic (exact) mass is 374 g/mol. The molecule has 2 aromatic heterocycles. The lowest BCUT2D eigenvalue weighted by Gasteiger charge is -2.32. The van der Waals surface area contributed by atoms with Crippen LogP contribution in [0.3, 0.4) is 0 Å². The van der Waals surface area contributed by atoms with Gasteiger partial charge in [0.1, 0.15) is 12.1 Å². The van der Waals surface area contributed by atoms with Crippen molar-refractivity contribution in [1.29, 1.82) is 0 Å². The van der Waals surface area contributed by atoms with Gasteiger partial charge in [0.25, 0.3) is 0 Å². The first kappa shape index (κ1) is 19.1. The van der Waals surface area contributed by atoms with E-state index in [1.165, 1.54) is 0 Å². The minimum atomic E-state index is -0.336. The quantitative estimate of drug-likeness (QED) is 0.827. The fraction of sp³-hybridized carbons (Fsp3) is 0.611. The molecular formula is C18H26N6O3. The third kappa shape index (κ3) is 5.38. The van der Waals surface area contributed by atoms with E-state index < -0.39 is 0 Å². The molecule has 146 valence electrons. The molecule has 3 heterocycles. The van der Waals surface area contributed by atoms with Crippen LogP contribution in [0.1, 0.15) is 51.4 Å². The molecule has 0 unspecified atom stereocenters. The molecule has 3 rings (SSSR count). The molecule has 0 saturated carbocycles. The topological polar surface area (TPSA) is 106 Å². The molecule has 1 saturated heterocycles. The van der Waals surface area contributed by atoms with Gasteiger partial charge in [0.15, 0.2) is 5.82 Å². The van der Waals surface area contributed by atoms with Crippen molar-refractivity contribution >= 4 is 6.03 Å². The highest BCUT2D eigenvalue weighted by atomic mass is 16.5. The number of nitrogens with zero attached hydrogens (tertiary/aromatic N) is 5. The Morgan fingerprint density at radius 1 is 1.30 bits per heavy atom. The zero-order valence-electron chi connectivity index (χ0n) is 16.0. The van der Waals surface area contributed by atoms with Gasteiger partial charge in [-0.25, -0.2) is 14.8 Å². The number of carbonyl (C=O) groups is 1. The molecule has 1 fully saturated rings. The second-order valence-electron chi connectivity index (χ2n) is 7.15. The molecule has 0 aliphatic carbocycles. The Morgan fingerprint density at radius 2 is 2.00 bits per heavy atom. The lowest BCUT2D eigenvalue weighted by atomic mass is 10.1. The second kappa shape index (κ2) is 8.79. The van der Waals surface area contributed by atoms with E-state index in [0.717, 1.165) is 19.3 Å². The van der Waals surface area contributed by atoms with Crippen LogP contribution >= 0.6 is 0 Å². The summed E-state index contributed by atoms with van der Waals surface area (Å²) in [7, 11) is 0. The predicted octanol–water partition coefficient (Wildman–Crippen LogP) is 2.37. The number of hydrogen-bond acceptors (Lipinski definition) is 7. The Kier molecular flexibility index (Phi) is 6.20. The van der Waals surface area contributed by atoms with Gasteiger partial charge >= 0.3 is 12.0 Å². The van der Waals surface area contributed by atoms with Crippen molar-refractivity contribution in [3.63, 3.8) is 0 Å². The number of nitrogens with one attached hydrogen (secondary N) is 1. The first-order valence-corrected chi connectivity index (χ1v) is 9.33. The Labute approximate surface area is 158 Å². The molecule has 9 nitrogen and oxygen atoms in total. The summed E-state index contributed by atoms with van der Waals surface area (Å²) in [6.07, 6.45) is 5.54. The minimum absolute atomic E-state index is 0.0170. The summed E-state index contributed by atoms with van der Waals surface area (Å²) < 4.78 is 11.0. The fourth-order valence-electron chi connectivity index (χ4n) is 2.90. The predicted molar refractivity (Wildman–Crippen MR) is 97.0 cm³/mol. The zero-order valence-corrected chi connectivity index (χ0v) is 16.0. The number of ether oxygens (including phenoxy) is 1. The van der Waals surface area contributed by atoms with Crippen molar-refractivity contribution in [2.24, 2.45) is 5.92 Å². The standard InChI is InChI=1S/C18H26N6O3/c1-12(2)11-15-22-16(27-23-15)13(3)21-18(25)24-9-5-14(6-10-24)26-17-19-7-4-8-20-17/h4,7-8,12-14H,5-6,9-11H2,1-3H3,(H,21,25)/t13-/m1/s1. The van der Waals surface area contributed by atoms with Crippen molar-refractivity contribution in [3.05, 3.63) is 30.2 Å². The summed E-state index contributed by atoms with van der Waals surface area (Å²) in [6, 6.07) is 1.65. The molecule has 1 aliphatic rings. The van der Waals surface area contributed by atoms with Crippen LogP contribution in [0.4, 0.5) is 4.79 Å². The van der Waals surface area contributed by atoms with Gasteiger partial charge in [-0.1, -0.05) is 19.0 Å². The molecule has 2 amide bonds. The van der Waals surface area contributed by atoms with Crippen molar-refractivity contribution in [2.45, 2.75) is 52.2 Å². The largest absolute Gasteiger partial charge is 0.460 e. The minimum Gasteiger partial charge on any atom is -0.460 e. The lowest BCUT2D eigenvalue weighted by molar-refractivity contribution is 0.102. The molecule has 0 aromatic carbocycles. The van der Waals surface area contributed by atoms with Crippen molar-refractivity contribution in [1.82, 2.24) is 30.3 Å². The Hall–Kier alpha value is -2.71. The molecule has 1 atom stereocenters. The van der Waals surface area contributed by atoms with Crippen molar-refractivity contribution < 1.29 is 14.1 Å². The van der Waals surface area contributed by atoms with Crippen LogP contribution in [-0.4, -0.2) is 50.2 Å². The third-order valence-corrected chi connectivity index (χ3v) is 4.33. The van der Waals surface area contributed by atoms with E-state index in [1.807, 2.05) is 6.92 Å². The zero-order chi connectivity index (χ0) is 19.2. The highest BCUT2D eigenvalue weighted by Gasteiger charge is 2.26. The van der Waals surface area contributed by atoms with Gasteiger partial charge in [0.2, 0.25) is 5.89 Å². The Morgan fingerprint density at radius 3 is 2.67 bits per heavy atom. The Balaban J connectivity index is 1.45. The average molecular weight is 374 g/mol. The van der Waals surface area contributed by atoms with Crippen LogP contribution in [-0.2, 0) is 6.42 Å². The number of urea groups is 1. The maximum atomic E-state index is 12.5. The summed E-state index contributed by atoms with van der Waals surface area (Å²) in [5.74, 6) is 1.55. The maximum Gasteiger partial charge on any atom is 0.318 e. The molecular weight excluding hydrogens is 348 g/mol. The van der Waals surface area contributed by atoms with Crippen molar-refractivity contribution in [2.75, 3.05) is 13.1 Å². The summed E-state index contributed by atoms with van der Waals surface area (Å²) >= 11 is 0. The van der Waals surface area contributed by atoms with E-state index in [2.05, 4.69) is 39.3 Å². The van der Waals surface area contributed by atoms with Gasteiger partial charge in [-0.15, -0.1) is 0 Å². The van der Waals surface area contributed by atoms with Crippen LogP contribution in [0.15, 0.2) is 23.0 Å². The van der Waals surface area contributed by atoms with Gasteiger partial charge in [-0.2, -0.15) is 4.98 Å². The first-order chi connectivity index (χ1) is 13.0. The SMILES string of the molecule is CC(C)Cc1noc([C@@H](C)NC(=O)N2CCC(Oc3ncccn3)CC2)n1. The maximum absolute atomic E-state index is 12.5. The highest BCUT2D eigenvalue weighted by molar-refractivity contribution is 5.74. The van der Waals surface area contributed by atoms with Gasteiger partial charge in [0.05, 0.1) is 0 Å². The van der Waals surface area contributed by atoms with E-state index in [4.69, 9.17) is 9.26 Å². The van der Waals surface area contributed by atoms with Gasteiger partial charge < -0.3 is 19.5 Å². The van der Waals surface area contributed by atoms with E-state index in [-0.39, 0.29) is 18.2 Å². The number of carbonyl (C=O) groups excluding carboxylic acids is 1. The van der Waals surface area contributed by atoms with Gasteiger partial charge in [0, 0.05) is 44.7 Å². The molecule has 0 spiro atoms. The van der Waals surface area contributed by atoms with Crippen LogP contribution < -0.4 is 10.1 Å². The number of hydrogen-bond donors (Lipinski definition) is 1. The van der Waals surface area contributed by atoms with Crippen LogP contribution in [0.25, 0.3) is 0 Å². The van der Waals surface area contributed by atoms with E-state index in [9.17, 15) is 4.79 Å². The molecule has 9 heteroatoms. The normalized spacial score (nSPS) is 16.4. The average Bonchev–Trinajstić information content (AvgIpc) is 3.11. The molecule has 1 aliphatic heterocycles. The first-order valence-electron chi connectivity index (χ1n) is 9.33. The summed E-state index contributed by atoms with van der Waals surface area (Å²) in [5.41, 5.74) is 0. The van der Waals surface area contributed by atoms with E-state index in [0.29, 0.717) is 36.7 Å². The van der Waals surface area contributed by atoms with Crippen LogP contribution in [0.5, 0.6) is 6.01 Å². The molecule has 0 radical (unpaired) electrons. The molecule has 27 heavy (non-hydrogen) atoms. The van der Waals surface area contributed by atoms with Crippen LogP contribution in [0.2, 0.25) is 0 Å². The summed E-state index contributed by atoms with van der Waals surface area (Å²) in [5, 5.41) is 6.89. The summed E-state index contributed by atoms with van der Waals surface area (Å²) in [4.78, 5) is 26.8. The number of rotatable bonds is 6. The number of likely N-dealkylation sites (tertiary alicyclic amines) is 1. The molecule has 0 bridgehead atoms. The molecule has 2 aromatic rings. The van der Waals surface area contributed by atoms with Crippen LogP contribution in [0, 0.1) is 5.92 Å². The lowest BCUT2D eigenvalue weighted by Crippen LogP contribution is -2.47. The highest BCUT2D eigenvalue weighted by Crippen LogP contribution is 2.17. The van der Waals surface area contributed by atoms with Crippen molar-refractivity contribution in [3.8, 4) is 6.01 Å². The van der Waals surface area contributed by atoms with E-state index >= 15 is 0 Å². The Bertz CT molecular complexity index is 728. The fourth-order valence-corrected chi connectivity index (χ4v) is 2.90. The third-order valence-electron chi connectivity index (χ3n) is 4.33. The number of aromatic nitrogens is 4. The number of amides is 2. The summed E-state index contributed by atoms with van der Waals surface area (Å²) in [6.45, 7) is 7.25. The van der Waals surface area contributed by atoms with Gasteiger partial charge in [-0.05, 0) is 18.9 Å². The van der Waals surface area contributed by atoms with Gasteiger partial charge in [-0.3, -0.25) is 0 Å².